The van der Waals surface area contributed by atoms with Crippen molar-refractivity contribution in [2.45, 2.75) is 6.92 Å². The summed E-state index contributed by atoms with van der Waals surface area (Å²) in [5.74, 6) is 0.851. The standard InChI is InChI=1S/C18H14ClFN6O2/c1-2-27-12-6-3-10(4-7-12)17-22-18(28-24-17)15-16(21)26(25-23-15)11-5-8-14(20)13(19)9-11/h3-9H,2,21H2,1H3. The zero-order valence-electron chi connectivity index (χ0n) is 14.6. The molecule has 0 saturated carbocycles. The number of halogens is 2. The average Bonchev–Trinajstić information content (AvgIpc) is 3.32. The van der Waals surface area contributed by atoms with Crippen LogP contribution in [-0.2, 0) is 0 Å². The Morgan fingerprint density at radius 1 is 1.21 bits per heavy atom. The Morgan fingerprint density at radius 3 is 2.71 bits per heavy atom. The predicted molar refractivity (Wildman–Crippen MR) is 101 cm³/mol. The highest BCUT2D eigenvalue weighted by molar-refractivity contribution is 6.30. The van der Waals surface area contributed by atoms with Gasteiger partial charge in [-0.2, -0.15) is 9.67 Å². The van der Waals surface area contributed by atoms with E-state index in [0.717, 1.165) is 11.3 Å². The van der Waals surface area contributed by atoms with Crippen LogP contribution >= 0.6 is 11.6 Å². The van der Waals surface area contributed by atoms with Gasteiger partial charge in [0, 0.05) is 5.56 Å². The monoisotopic (exact) mass is 400 g/mol. The zero-order valence-corrected chi connectivity index (χ0v) is 15.4. The maximum Gasteiger partial charge on any atom is 0.282 e. The fraction of sp³-hybridized carbons (Fsp3) is 0.111. The van der Waals surface area contributed by atoms with E-state index in [9.17, 15) is 4.39 Å². The molecule has 10 heteroatoms. The van der Waals surface area contributed by atoms with Crippen molar-refractivity contribution in [3.05, 3.63) is 53.3 Å². The van der Waals surface area contributed by atoms with Crippen LogP contribution in [0, 0.1) is 5.82 Å². The van der Waals surface area contributed by atoms with E-state index >= 15 is 0 Å². The molecule has 8 nitrogen and oxygen atoms in total. The summed E-state index contributed by atoms with van der Waals surface area (Å²) < 4.78 is 25.4. The van der Waals surface area contributed by atoms with E-state index in [2.05, 4.69) is 20.5 Å². The minimum atomic E-state index is -0.541. The highest BCUT2D eigenvalue weighted by Crippen LogP contribution is 2.28. The van der Waals surface area contributed by atoms with E-state index in [1.54, 1.807) is 0 Å². The number of hydrogen-bond donors (Lipinski definition) is 1. The number of benzene rings is 2. The van der Waals surface area contributed by atoms with E-state index in [1.165, 1.54) is 22.9 Å². The van der Waals surface area contributed by atoms with Crippen molar-refractivity contribution < 1.29 is 13.7 Å². The van der Waals surface area contributed by atoms with Crippen molar-refractivity contribution in [3.8, 4) is 34.4 Å². The fourth-order valence-corrected chi connectivity index (χ4v) is 2.73. The molecular formula is C18H14ClFN6O2. The SMILES string of the molecule is CCOc1ccc(-c2noc(-c3nnn(-c4ccc(F)c(Cl)c4)c3N)n2)cc1. The molecule has 0 aliphatic heterocycles. The second kappa shape index (κ2) is 7.28. The van der Waals surface area contributed by atoms with Gasteiger partial charge in [0.05, 0.1) is 17.3 Å². The quantitative estimate of drug-likeness (QED) is 0.543. The first kappa shape index (κ1) is 17.9. The third-order valence-corrected chi connectivity index (χ3v) is 4.19. The van der Waals surface area contributed by atoms with Crippen LogP contribution in [-0.4, -0.2) is 31.7 Å². The number of anilines is 1. The van der Waals surface area contributed by atoms with Crippen molar-refractivity contribution in [3.63, 3.8) is 0 Å². The van der Waals surface area contributed by atoms with E-state index < -0.39 is 5.82 Å². The van der Waals surface area contributed by atoms with E-state index in [-0.39, 0.29) is 22.4 Å². The lowest BCUT2D eigenvalue weighted by molar-refractivity contribution is 0.340. The predicted octanol–water partition coefficient (Wildman–Crippen LogP) is 3.76. The third kappa shape index (κ3) is 3.27. The van der Waals surface area contributed by atoms with E-state index in [0.29, 0.717) is 18.1 Å². The van der Waals surface area contributed by atoms with Gasteiger partial charge in [-0.25, -0.2) is 4.39 Å². The lowest BCUT2D eigenvalue weighted by Crippen LogP contribution is -2.02. The van der Waals surface area contributed by atoms with Crippen LogP contribution in [0.15, 0.2) is 47.0 Å². The van der Waals surface area contributed by atoms with Crippen LogP contribution in [0.4, 0.5) is 10.2 Å². The molecule has 0 spiro atoms. The third-order valence-electron chi connectivity index (χ3n) is 3.90. The summed E-state index contributed by atoms with van der Waals surface area (Å²) in [5, 5.41) is 11.9. The van der Waals surface area contributed by atoms with Crippen molar-refractivity contribution in [1.82, 2.24) is 25.1 Å². The van der Waals surface area contributed by atoms with E-state index in [1.807, 2.05) is 31.2 Å². The largest absolute Gasteiger partial charge is 0.494 e. The fourth-order valence-electron chi connectivity index (χ4n) is 2.55. The summed E-state index contributed by atoms with van der Waals surface area (Å²) in [6.45, 7) is 2.50. The Balaban J connectivity index is 1.64. The maximum absolute atomic E-state index is 13.4. The average molecular weight is 401 g/mol. The molecule has 4 rings (SSSR count). The Bertz CT molecular complexity index is 1130. The van der Waals surface area contributed by atoms with Crippen molar-refractivity contribution in [2.24, 2.45) is 0 Å². The second-order valence-electron chi connectivity index (χ2n) is 5.71. The highest BCUT2D eigenvalue weighted by Gasteiger charge is 2.20. The van der Waals surface area contributed by atoms with Gasteiger partial charge < -0.3 is 15.0 Å². The molecule has 2 aromatic heterocycles. The van der Waals surface area contributed by atoms with Crippen LogP contribution in [0.5, 0.6) is 5.75 Å². The maximum atomic E-state index is 13.4. The minimum Gasteiger partial charge on any atom is -0.494 e. The molecule has 0 radical (unpaired) electrons. The lowest BCUT2D eigenvalue weighted by Gasteiger charge is -2.03. The first-order valence-corrected chi connectivity index (χ1v) is 8.68. The summed E-state index contributed by atoms with van der Waals surface area (Å²) in [6, 6.07) is 11.4. The van der Waals surface area contributed by atoms with Gasteiger partial charge in [0.2, 0.25) is 5.82 Å². The van der Waals surface area contributed by atoms with Gasteiger partial charge in [-0.05, 0) is 49.4 Å². The van der Waals surface area contributed by atoms with Crippen molar-refractivity contribution >= 4 is 17.4 Å². The van der Waals surface area contributed by atoms with Gasteiger partial charge >= 0.3 is 0 Å². The molecule has 0 aliphatic rings. The second-order valence-corrected chi connectivity index (χ2v) is 6.12. The van der Waals surface area contributed by atoms with Crippen LogP contribution in [0.3, 0.4) is 0 Å². The first-order valence-electron chi connectivity index (χ1n) is 8.30. The van der Waals surface area contributed by atoms with Gasteiger partial charge in [-0.15, -0.1) is 5.10 Å². The number of ether oxygens (including phenoxy) is 1. The summed E-state index contributed by atoms with van der Waals surface area (Å²) in [6.07, 6.45) is 0. The molecule has 2 aromatic carbocycles. The Labute approximate surface area is 163 Å². The number of nitrogens with zero attached hydrogens (tertiary/aromatic N) is 5. The summed E-state index contributed by atoms with van der Waals surface area (Å²) >= 11 is 5.81. The van der Waals surface area contributed by atoms with Crippen LogP contribution in [0.25, 0.3) is 28.7 Å². The van der Waals surface area contributed by atoms with Gasteiger partial charge in [-0.1, -0.05) is 22.0 Å². The molecule has 28 heavy (non-hydrogen) atoms. The van der Waals surface area contributed by atoms with E-state index in [4.69, 9.17) is 26.6 Å². The summed E-state index contributed by atoms with van der Waals surface area (Å²) in [5.41, 5.74) is 7.52. The molecule has 0 bridgehead atoms. The topological polar surface area (TPSA) is 105 Å². The van der Waals surface area contributed by atoms with Gasteiger partial charge in [0.1, 0.15) is 11.6 Å². The molecular weight excluding hydrogens is 387 g/mol. The molecule has 2 N–H and O–H groups in total. The number of hydrogen-bond acceptors (Lipinski definition) is 7. The zero-order chi connectivity index (χ0) is 19.7. The Kier molecular flexibility index (Phi) is 4.66. The first-order chi connectivity index (χ1) is 13.6. The summed E-state index contributed by atoms with van der Waals surface area (Å²) in [7, 11) is 0. The van der Waals surface area contributed by atoms with Crippen molar-refractivity contribution in [1.29, 1.82) is 0 Å². The van der Waals surface area contributed by atoms with Crippen LogP contribution in [0.1, 0.15) is 6.92 Å². The molecule has 0 atom stereocenters. The Hall–Kier alpha value is -3.46. The molecule has 0 unspecified atom stereocenters. The van der Waals surface area contributed by atoms with Crippen LogP contribution < -0.4 is 10.5 Å². The van der Waals surface area contributed by atoms with Gasteiger partial charge in [0.15, 0.2) is 11.5 Å². The number of nitrogens with two attached hydrogens (primary N) is 1. The highest BCUT2D eigenvalue weighted by atomic mass is 35.5. The number of aromatic nitrogens is 5. The smallest absolute Gasteiger partial charge is 0.282 e. The lowest BCUT2D eigenvalue weighted by atomic mass is 10.2. The van der Waals surface area contributed by atoms with Gasteiger partial charge in [0.25, 0.3) is 5.89 Å². The normalized spacial score (nSPS) is 11.0. The molecule has 2 heterocycles. The molecule has 4 aromatic rings. The summed E-state index contributed by atoms with van der Waals surface area (Å²) in [4.78, 5) is 4.33. The minimum absolute atomic E-state index is 0.0514. The molecule has 0 aliphatic carbocycles. The molecule has 0 fully saturated rings. The molecule has 0 saturated heterocycles. The Morgan fingerprint density at radius 2 is 2.00 bits per heavy atom. The molecule has 142 valence electrons. The van der Waals surface area contributed by atoms with Crippen LogP contribution in [0.2, 0.25) is 5.02 Å². The number of rotatable bonds is 5. The number of nitrogen functional groups attached to an aromatic ring is 1. The molecule has 0 amide bonds. The van der Waals surface area contributed by atoms with Gasteiger partial charge in [-0.3, -0.25) is 0 Å². The van der Waals surface area contributed by atoms with Crippen molar-refractivity contribution in [2.75, 3.05) is 12.3 Å².